The third kappa shape index (κ3) is 1.82. The fourth-order valence-corrected chi connectivity index (χ4v) is 1.80. The molecule has 0 atom stereocenters. The Kier molecular flexibility index (Phi) is 2.51. The molecule has 0 heterocycles. The number of benzene rings is 2. The van der Waals surface area contributed by atoms with E-state index in [2.05, 4.69) is 0 Å². The van der Waals surface area contributed by atoms with Gasteiger partial charge in [0.05, 0.1) is 15.9 Å². The predicted molar refractivity (Wildman–Crippen MR) is 62.3 cm³/mol. The van der Waals surface area contributed by atoms with Gasteiger partial charge in [0.25, 0.3) is 5.69 Å². The van der Waals surface area contributed by atoms with Gasteiger partial charge in [0, 0.05) is 5.56 Å². The quantitative estimate of drug-likeness (QED) is 0.636. The van der Waals surface area contributed by atoms with Crippen molar-refractivity contribution in [3.05, 3.63) is 51.6 Å². The van der Waals surface area contributed by atoms with Crippen molar-refractivity contribution in [2.75, 3.05) is 0 Å². The summed E-state index contributed by atoms with van der Waals surface area (Å²) in [7, 11) is 0. The van der Waals surface area contributed by atoms with E-state index in [0.717, 1.165) is 0 Å². The maximum atomic E-state index is 10.9. The highest BCUT2D eigenvalue weighted by atomic mass is 16.6. The first-order valence-electron chi connectivity index (χ1n) is 4.92. The molecule has 0 aromatic heterocycles. The Bertz CT molecular complexity index is 634. The van der Waals surface area contributed by atoms with Crippen LogP contribution >= 0.6 is 0 Å². The number of carboxylic acids is 1. The van der Waals surface area contributed by atoms with Crippen LogP contribution in [-0.4, -0.2) is 16.0 Å². The van der Waals surface area contributed by atoms with Gasteiger partial charge >= 0.3 is 5.97 Å². The number of nitrogens with zero attached hydrogens (tertiary/aromatic N) is 1. The lowest BCUT2D eigenvalue weighted by Crippen LogP contribution is -1.97. The number of carbonyl (C=O) groups is 1. The van der Waals surface area contributed by atoms with E-state index in [1.54, 1.807) is 19.1 Å². The van der Waals surface area contributed by atoms with Crippen LogP contribution in [0.2, 0.25) is 0 Å². The summed E-state index contributed by atoms with van der Waals surface area (Å²) in [4.78, 5) is 21.3. The molecule has 0 amide bonds. The van der Waals surface area contributed by atoms with E-state index in [1.165, 1.54) is 18.2 Å². The molecule has 0 aliphatic heterocycles. The SMILES string of the molecule is Cc1ccc2cc(C(=O)O)ccc2c1[N+](=O)[O-]. The highest BCUT2D eigenvalue weighted by molar-refractivity contribution is 5.98. The second-order valence-corrected chi connectivity index (χ2v) is 3.73. The van der Waals surface area contributed by atoms with Crippen LogP contribution in [-0.2, 0) is 0 Å². The van der Waals surface area contributed by atoms with Gasteiger partial charge in [-0.1, -0.05) is 12.1 Å². The van der Waals surface area contributed by atoms with Crippen molar-refractivity contribution in [1.82, 2.24) is 0 Å². The fourth-order valence-electron chi connectivity index (χ4n) is 1.80. The average molecular weight is 231 g/mol. The zero-order valence-corrected chi connectivity index (χ0v) is 9.01. The largest absolute Gasteiger partial charge is 0.478 e. The number of aryl methyl sites for hydroxylation is 1. The maximum Gasteiger partial charge on any atom is 0.335 e. The van der Waals surface area contributed by atoms with Gasteiger partial charge in [-0.2, -0.15) is 0 Å². The van der Waals surface area contributed by atoms with Crippen LogP contribution in [0, 0.1) is 17.0 Å². The topological polar surface area (TPSA) is 80.4 Å². The number of aromatic carboxylic acids is 1. The first-order chi connectivity index (χ1) is 8.00. The second-order valence-electron chi connectivity index (χ2n) is 3.73. The van der Waals surface area contributed by atoms with Crippen molar-refractivity contribution >= 4 is 22.4 Å². The molecule has 86 valence electrons. The van der Waals surface area contributed by atoms with E-state index in [4.69, 9.17) is 5.11 Å². The monoisotopic (exact) mass is 231 g/mol. The van der Waals surface area contributed by atoms with Gasteiger partial charge in [-0.25, -0.2) is 4.79 Å². The summed E-state index contributed by atoms with van der Waals surface area (Å²) in [6, 6.07) is 7.58. The van der Waals surface area contributed by atoms with Crippen LogP contribution < -0.4 is 0 Å². The number of fused-ring (bicyclic) bond motifs is 1. The summed E-state index contributed by atoms with van der Waals surface area (Å²) in [6.07, 6.45) is 0. The third-order valence-corrected chi connectivity index (χ3v) is 2.62. The molecular weight excluding hydrogens is 222 g/mol. The molecule has 2 rings (SSSR count). The van der Waals surface area contributed by atoms with Crippen LogP contribution in [0.4, 0.5) is 5.69 Å². The minimum atomic E-state index is -1.05. The van der Waals surface area contributed by atoms with Crippen molar-refractivity contribution in [3.63, 3.8) is 0 Å². The molecule has 0 saturated carbocycles. The Balaban J connectivity index is 2.79. The summed E-state index contributed by atoms with van der Waals surface area (Å²) >= 11 is 0. The lowest BCUT2D eigenvalue weighted by molar-refractivity contribution is -0.383. The standard InChI is InChI=1S/C12H9NO4/c1-7-2-3-8-6-9(12(14)15)4-5-10(8)11(7)13(16)17/h2-6H,1H3,(H,14,15). The predicted octanol–water partition coefficient (Wildman–Crippen LogP) is 2.75. The van der Waals surface area contributed by atoms with Gasteiger partial charge in [0.2, 0.25) is 0 Å². The van der Waals surface area contributed by atoms with E-state index in [9.17, 15) is 14.9 Å². The van der Waals surface area contributed by atoms with E-state index in [-0.39, 0.29) is 11.3 Å². The summed E-state index contributed by atoms with van der Waals surface area (Å²) in [6.45, 7) is 1.66. The Morgan fingerprint density at radius 3 is 2.59 bits per heavy atom. The van der Waals surface area contributed by atoms with E-state index >= 15 is 0 Å². The Labute approximate surface area is 96.5 Å². The van der Waals surface area contributed by atoms with Gasteiger partial charge in [-0.05, 0) is 30.5 Å². The van der Waals surface area contributed by atoms with Gasteiger partial charge in [0.15, 0.2) is 0 Å². The van der Waals surface area contributed by atoms with Gasteiger partial charge < -0.3 is 5.11 Å². The molecule has 0 aliphatic carbocycles. The summed E-state index contributed by atoms with van der Waals surface area (Å²) < 4.78 is 0. The molecule has 0 bridgehead atoms. The van der Waals surface area contributed by atoms with Crippen LogP contribution in [0.25, 0.3) is 10.8 Å². The van der Waals surface area contributed by atoms with E-state index in [0.29, 0.717) is 16.3 Å². The molecule has 0 radical (unpaired) electrons. The van der Waals surface area contributed by atoms with Gasteiger partial charge in [-0.15, -0.1) is 0 Å². The number of nitro benzene ring substituents is 1. The first-order valence-corrected chi connectivity index (χ1v) is 4.92. The molecule has 0 saturated heterocycles. The second kappa shape index (κ2) is 3.86. The number of carboxylic acid groups (broad SMARTS) is 1. The van der Waals surface area contributed by atoms with Crippen LogP contribution in [0.3, 0.4) is 0 Å². The van der Waals surface area contributed by atoms with Crippen molar-refractivity contribution < 1.29 is 14.8 Å². The lowest BCUT2D eigenvalue weighted by atomic mass is 10.0. The smallest absolute Gasteiger partial charge is 0.335 e. The first kappa shape index (κ1) is 11.1. The molecule has 0 spiro atoms. The van der Waals surface area contributed by atoms with E-state index < -0.39 is 10.9 Å². The Morgan fingerprint density at radius 2 is 2.00 bits per heavy atom. The molecule has 2 aromatic carbocycles. The van der Waals surface area contributed by atoms with Crippen LogP contribution in [0.15, 0.2) is 30.3 Å². The molecule has 5 heteroatoms. The van der Waals surface area contributed by atoms with Gasteiger partial charge in [-0.3, -0.25) is 10.1 Å². The highest BCUT2D eigenvalue weighted by Gasteiger charge is 2.16. The number of nitro groups is 1. The van der Waals surface area contributed by atoms with Crippen molar-refractivity contribution in [2.45, 2.75) is 6.92 Å². The summed E-state index contributed by atoms with van der Waals surface area (Å²) in [5, 5.41) is 20.8. The molecule has 5 nitrogen and oxygen atoms in total. The molecule has 1 N–H and O–H groups in total. The number of hydrogen-bond acceptors (Lipinski definition) is 3. The molecule has 0 fully saturated rings. The Hall–Kier alpha value is -2.43. The van der Waals surface area contributed by atoms with Crippen LogP contribution in [0.1, 0.15) is 15.9 Å². The summed E-state index contributed by atoms with van der Waals surface area (Å²) in [5.74, 6) is -1.05. The minimum absolute atomic E-state index is 0.0273. The van der Waals surface area contributed by atoms with Crippen LogP contribution in [0.5, 0.6) is 0 Å². The molecule has 17 heavy (non-hydrogen) atoms. The highest BCUT2D eigenvalue weighted by Crippen LogP contribution is 2.29. The molecule has 2 aromatic rings. The lowest BCUT2D eigenvalue weighted by Gasteiger charge is -2.03. The molecule has 0 unspecified atom stereocenters. The molecular formula is C12H9NO4. The summed E-state index contributed by atoms with van der Waals surface area (Å²) in [5.41, 5.74) is 0.709. The third-order valence-electron chi connectivity index (χ3n) is 2.62. The van der Waals surface area contributed by atoms with Crippen molar-refractivity contribution in [3.8, 4) is 0 Å². The number of hydrogen-bond donors (Lipinski definition) is 1. The average Bonchev–Trinajstić information content (AvgIpc) is 2.27. The normalized spacial score (nSPS) is 10.4. The maximum absolute atomic E-state index is 10.9. The zero-order chi connectivity index (χ0) is 12.6. The minimum Gasteiger partial charge on any atom is -0.478 e. The number of rotatable bonds is 2. The van der Waals surface area contributed by atoms with Gasteiger partial charge in [0.1, 0.15) is 0 Å². The molecule has 0 aliphatic rings. The van der Waals surface area contributed by atoms with Crippen molar-refractivity contribution in [2.24, 2.45) is 0 Å². The van der Waals surface area contributed by atoms with Crippen molar-refractivity contribution in [1.29, 1.82) is 0 Å². The zero-order valence-electron chi connectivity index (χ0n) is 9.01. The van der Waals surface area contributed by atoms with E-state index in [1.807, 2.05) is 0 Å². The Morgan fingerprint density at radius 1 is 1.29 bits per heavy atom. The fraction of sp³-hybridized carbons (Fsp3) is 0.0833.